The Morgan fingerprint density at radius 2 is 2.09 bits per heavy atom. The SMILES string of the molecule is CC(=C[C@H](C)O)[C@H](N)C(=O)O. The molecular formula is C7H13NO3. The van der Waals surface area contributed by atoms with E-state index in [1.54, 1.807) is 6.92 Å². The molecule has 0 rings (SSSR count). The van der Waals surface area contributed by atoms with Crippen LogP contribution in [0.25, 0.3) is 0 Å². The quantitative estimate of drug-likeness (QED) is 0.495. The van der Waals surface area contributed by atoms with Crippen LogP contribution in [0, 0.1) is 0 Å². The third kappa shape index (κ3) is 3.75. The molecule has 0 unspecified atom stereocenters. The molecule has 4 heteroatoms. The van der Waals surface area contributed by atoms with E-state index in [0.717, 1.165) is 0 Å². The number of aliphatic carboxylic acids is 1. The molecule has 0 saturated heterocycles. The van der Waals surface area contributed by atoms with Gasteiger partial charge in [-0.3, -0.25) is 4.79 Å². The van der Waals surface area contributed by atoms with Gasteiger partial charge in [-0.2, -0.15) is 0 Å². The van der Waals surface area contributed by atoms with E-state index < -0.39 is 18.1 Å². The van der Waals surface area contributed by atoms with Crippen LogP contribution in [0.1, 0.15) is 13.8 Å². The summed E-state index contributed by atoms with van der Waals surface area (Å²) in [5, 5.41) is 17.2. The van der Waals surface area contributed by atoms with E-state index in [4.69, 9.17) is 15.9 Å². The second-order valence-electron chi connectivity index (χ2n) is 2.47. The van der Waals surface area contributed by atoms with Crippen LogP contribution >= 0.6 is 0 Å². The van der Waals surface area contributed by atoms with Gasteiger partial charge in [0.25, 0.3) is 0 Å². The van der Waals surface area contributed by atoms with Crippen LogP contribution in [0.3, 0.4) is 0 Å². The molecule has 0 fully saturated rings. The molecule has 11 heavy (non-hydrogen) atoms. The Morgan fingerprint density at radius 3 is 2.36 bits per heavy atom. The van der Waals surface area contributed by atoms with Crippen molar-refractivity contribution in [3.8, 4) is 0 Å². The van der Waals surface area contributed by atoms with Crippen molar-refractivity contribution < 1.29 is 15.0 Å². The average Bonchev–Trinajstić information content (AvgIpc) is 1.84. The maximum atomic E-state index is 10.3. The molecule has 64 valence electrons. The van der Waals surface area contributed by atoms with E-state index in [1.165, 1.54) is 13.0 Å². The molecule has 0 aromatic carbocycles. The van der Waals surface area contributed by atoms with Gasteiger partial charge in [0.1, 0.15) is 6.04 Å². The average molecular weight is 159 g/mol. The van der Waals surface area contributed by atoms with Crippen molar-refractivity contribution in [2.75, 3.05) is 0 Å². The van der Waals surface area contributed by atoms with Crippen LogP contribution in [0.4, 0.5) is 0 Å². The molecule has 0 bridgehead atoms. The Kier molecular flexibility index (Phi) is 3.78. The second kappa shape index (κ2) is 4.10. The molecule has 0 amide bonds. The van der Waals surface area contributed by atoms with Crippen molar-refractivity contribution in [1.29, 1.82) is 0 Å². The Hall–Kier alpha value is -0.870. The Bertz CT molecular complexity index is 175. The molecule has 0 aromatic rings. The van der Waals surface area contributed by atoms with Gasteiger partial charge in [-0.1, -0.05) is 6.08 Å². The fourth-order valence-corrected chi connectivity index (χ4v) is 0.679. The smallest absolute Gasteiger partial charge is 0.324 e. The van der Waals surface area contributed by atoms with Gasteiger partial charge in [-0.05, 0) is 19.4 Å². The molecule has 0 saturated carbocycles. The lowest BCUT2D eigenvalue weighted by Gasteiger charge is -2.07. The maximum Gasteiger partial charge on any atom is 0.324 e. The summed E-state index contributed by atoms with van der Waals surface area (Å²) in [5.41, 5.74) is 5.69. The highest BCUT2D eigenvalue weighted by Crippen LogP contribution is 2.00. The van der Waals surface area contributed by atoms with Gasteiger partial charge in [-0.15, -0.1) is 0 Å². The molecule has 0 aromatic heterocycles. The lowest BCUT2D eigenvalue weighted by Crippen LogP contribution is -2.31. The highest BCUT2D eigenvalue weighted by Gasteiger charge is 2.13. The van der Waals surface area contributed by atoms with Crippen LogP contribution in [-0.2, 0) is 4.79 Å². The molecule has 0 aliphatic carbocycles. The number of carboxylic acid groups (broad SMARTS) is 1. The van der Waals surface area contributed by atoms with Crippen molar-refractivity contribution in [2.24, 2.45) is 5.73 Å². The number of aliphatic hydroxyl groups is 1. The fourth-order valence-electron chi connectivity index (χ4n) is 0.679. The zero-order valence-electron chi connectivity index (χ0n) is 6.61. The summed E-state index contributed by atoms with van der Waals surface area (Å²) in [4.78, 5) is 10.3. The minimum absolute atomic E-state index is 0.465. The van der Waals surface area contributed by atoms with Crippen LogP contribution in [-0.4, -0.2) is 28.3 Å². The van der Waals surface area contributed by atoms with Gasteiger partial charge in [0.15, 0.2) is 0 Å². The number of carboxylic acids is 1. The first kappa shape index (κ1) is 10.1. The van der Waals surface area contributed by atoms with Crippen molar-refractivity contribution >= 4 is 5.97 Å². The molecule has 0 aliphatic heterocycles. The highest BCUT2D eigenvalue weighted by molar-refractivity contribution is 5.76. The van der Waals surface area contributed by atoms with Crippen molar-refractivity contribution in [3.63, 3.8) is 0 Å². The summed E-state index contributed by atoms with van der Waals surface area (Å²) in [6.07, 6.45) is 0.763. The monoisotopic (exact) mass is 159 g/mol. The van der Waals surface area contributed by atoms with Gasteiger partial charge in [0.05, 0.1) is 6.10 Å². The van der Waals surface area contributed by atoms with E-state index in [-0.39, 0.29) is 0 Å². The number of carbonyl (C=O) groups is 1. The summed E-state index contributed by atoms with van der Waals surface area (Å²) in [7, 11) is 0. The normalized spacial score (nSPS) is 17.6. The first-order chi connectivity index (χ1) is 4.95. The Labute approximate surface area is 65.3 Å². The molecule has 4 N–H and O–H groups in total. The molecule has 0 spiro atoms. The largest absolute Gasteiger partial charge is 0.480 e. The summed E-state index contributed by atoms with van der Waals surface area (Å²) in [6, 6.07) is -1.01. The number of hydrogen-bond donors (Lipinski definition) is 3. The summed E-state index contributed by atoms with van der Waals surface area (Å²) < 4.78 is 0. The fraction of sp³-hybridized carbons (Fsp3) is 0.571. The third-order valence-electron chi connectivity index (χ3n) is 1.26. The van der Waals surface area contributed by atoms with E-state index in [2.05, 4.69) is 0 Å². The molecule has 2 atom stereocenters. The predicted octanol–water partition coefficient (Wildman–Crippen LogP) is -0.275. The Balaban J connectivity index is 4.23. The number of rotatable bonds is 3. The zero-order chi connectivity index (χ0) is 9.02. The first-order valence-corrected chi connectivity index (χ1v) is 3.30. The van der Waals surface area contributed by atoms with Crippen molar-refractivity contribution in [1.82, 2.24) is 0 Å². The van der Waals surface area contributed by atoms with Gasteiger partial charge < -0.3 is 15.9 Å². The zero-order valence-corrected chi connectivity index (χ0v) is 6.61. The minimum atomic E-state index is -1.08. The van der Waals surface area contributed by atoms with E-state index in [1.807, 2.05) is 0 Å². The second-order valence-corrected chi connectivity index (χ2v) is 2.47. The lowest BCUT2D eigenvalue weighted by atomic mass is 10.1. The van der Waals surface area contributed by atoms with Crippen molar-refractivity contribution in [2.45, 2.75) is 26.0 Å². The van der Waals surface area contributed by atoms with Gasteiger partial charge in [-0.25, -0.2) is 0 Å². The van der Waals surface area contributed by atoms with Crippen LogP contribution < -0.4 is 5.73 Å². The molecule has 0 aliphatic rings. The van der Waals surface area contributed by atoms with Gasteiger partial charge in [0.2, 0.25) is 0 Å². The topological polar surface area (TPSA) is 83.5 Å². The molecular weight excluding hydrogens is 146 g/mol. The predicted molar refractivity (Wildman–Crippen MR) is 41.0 cm³/mol. The van der Waals surface area contributed by atoms with E-state index in [9.17, 15) is 4.79 Å². The molecule has 0 heterocycles. The maximum absolute atomic E-state index is 10.3. The standard InChI is InChI=1S/C7H13NO3/c1-4(3-5(2)9)6(8)7(10)11/h3,5-6,9H,8H2,1-2H3,(H,10,11)/t5-,6-/m0/s1. The van der Waals surface area contributed by atoms with Crippen LogP contribution in [0.15, 0.2) is 11.6 Å². The number of nitrogens with two attached hydrogens (primary N) is 1. The van der Waals surface area contributed by atoms with Crippen molar-refractivity contribution in [3.05, 3.63) is 11.6 Å². The van der Waals surface area contributed by atoms with Gasteiger partial charge in [0, 0.05) is 0 Å². The minimum Gasteiger partial charge on any atom is -0.480 e. The number of aliphatic hydroxyl groups excluding tert-OH is 1. The summed E-state index contributed by atoms with van der Waals surface area (Å²) in [5.74, 6) is -1.08. The summed E-state index contributed by atoms with van der Waals surface area (Å²) >= 11 is 0. The molecule has 0 radical (unpaired) electrons. The Morgan fingerprint density at radius 1 is 1.64 bits per heavy atom. The van der Waals surface area contributed by atoms with Gasteiger partial charge >= 0.3 is 5.97 Å². The van der Waals surface area contributed by atoms with Crippen LogP contribution in [0.5, 0.6) is 0 Å². The number of hydrogen-bond acceptors (Lipinski definition) is 3. The van der Waals surface area contributed by atoms with Crippen LogP contribution in [0.2, 0.25) is 0 Å². The van der Waals surface area contributed by atoms with E-state index in [0.29, 0.717) is 5.57 Å². The van der Waals surface area contributed by atoms with E-state index >= 15 is 0 Å². The first-order valence-electron chi connectivity index (χ1n) is 3.30. The summed E-state index contributed by atoms with van der Waals surface area (Å²) in [6.45, 7) is 3.11. The molecule has 4 nitrogen and oxygen atoms in total. The third-order valence-corrected chi connectivity index (χ3v) is 1.26. The lowest BCUT2D eigenvalue weighted by molar-refractivity contribution is -0.137. The highest BCUT2D eigenvalue weighted by atomic mass is 16.4.